The van der Waals surface area contributed by atoms with Crippen molar-refractivity contribution >= 4 is 17.5 Å². The molecule has 0 aromatic carbocycles. The van der Waals surface area contributed by atoms with E-state index < -0.39 is 0 Å². The van der Waals surface area contributed by atoms with Gasteiger partial charge in [0.2, 0.25) is 0 Å². The fourth-order valence-corrected chi connectivity index (χ4v) is 8.05. The molecule has 7 heteroatoms. The SMILES string of the molecule is C=COC1CCCN(C(=O)c2cn3c(C(=O)NCC45CC6CC6C6(CC6C4)C5)cccc3n2)C1. The van der Waals surface area contributed by atoms with Crippen molar-refractivity contribution in [3.8, 4) is 0 Å². The zero-order valence-corrected chi connectivity index (χ0v) is 19.5. The molecule has 6 unspecified atom stereocenters. The molecule has 1 aliphatic heterocycles. The van der Waals surface area contributed by atoms with Crippen molar-refractivity contribution in [1.29, 1.82) is 0 Å². The van der Waals surface area contributed by atoms with Gasteiger partial charge in [-0.1, -0.05) is 12.6 Å². The second-order valence-electron chi connectivity index (χ2n) is 11.6. The number of likely N-dealkylation sites (tertiary alicyclic amines) is 1. The predicted octanol–water partition coefficient (Wildman–Crippen LogP) is 3.66. The highest BCUT2D eigenvalue weighted by Crippen LogP contribution is 2.83. The van der Waals surface area contributed by atoms with Crippen LogP contribution < -0.4 is 5.32 Å². The van der Waals surface area contributed by atoms with Gasteiger partial charge in [-0.25, -0.2) is 4.98 Å². The number of piperidine rings is 1. The van der Waals surface area contributed by atoms with E-state index in [1.54, 1.807) is 15.5 Å². The van der Waals surface area contributed by atoms with Crippen molar-refractivity contribution in [1.82, 2.24) is 19.6 Å². The van der Waals surface area contributed by atoms with Crippen LogP contribution in [0.4, 0.5) is 0 Å². The van der Waals surface area contributed by atoms with Crippen molar-refractivity contribution in [2.75, 3.05) is 19.6 Å². The summed E-state index contributed by atoms with van der Waals surface area (Å²) in [5.74, 6) is 2.62. The molecule has 2 aromatic rings. The topological polar surface area (TPSA) is 75.9 Å². The fraction of sp³-hybridized carbons (Fsp3) is 0.593. The summed E-state index contributed by atoms with van der Waals surface area (Å²) in [5.41, 5.74) is 2.47. The molecule has 5 fully saturated rings. The Morgan fingerprint density at radius 1 is 1.29 bits per heavy atom. The minimum absolute atomic E-state index is 0.0283. The second kappa shape index (κ2) is 7.09. The van der Waals surface area contributed by atoms with Gasteiger partial charge in [-0.3, -0.25) is 14.0 Å². The lowest BCUT2D eigenvalue weighted by molar-refractivity contribution is 0.0412. The minimum atomic E-state index is -0.122. The zero-order valence-electron chi connectivity index (χ0n) is 19.5. The van der Waals surface area contributed by atoms with Crippen LogP contribution in [0.2, 0.25) is 0 Å². The maximum Gasteiger partial charge on any atom is 0.274 e. The Bertz CT molecular complexity index is 1200. The molecular formula is C27H32N4O3. The normalized spacial score (nSPS) is 37.0. The van der Waals surface area contributed by atoms with Gasteiger partial charge < -0.3 is 15.0 Å². The number of pyridine rings is 1. The van der Waals surface area contributed by atoms with Gasteiger partial charge in [-0.2, -0.15) is 0 Å². The molecule has 34 heavy (non-hydrogen) atoms. The molecule has 0 radical (unpaired) electrons. The molecule has 1 saturated heterocycles. The van der Waals surface area contributed by atoms with Gasteiger partial charge in [0.15, 0.2) is 0 Å². The van der Waals surface area contributed by atoms with Crippen molar-refractivity contribution < 1.29 is 14.3 Å². The van der Waals surface area contributed by atoms with Crippen LogP contribution in [0.15, 0.2) is 37.2 Å². The summed E-state index contributed by atoms with van der Waals surface area (Å²) in [6.45, 7) is 5.60. The van der Waals surface area contributed by atoms with Gasteiger partial charge in [0.1, 0.15) is 23.1 Å². The number of rotatable bonds is 6. The van der Waals surface area contributed by atoms with Gasteiger partial charge in [-0.15, -0.1) is 0 Å². The molecule has 2 amide bonds. The summed E-state index contributed by atoms with van der Waals surface area (Å²) < 4.78 is 7.27. The smallest absolute Gasteiger partial charge is 0.274 e. The third kappa shape index (κ3) is 3.05. The molecule has 4 saturated carbocycles. The standard InChI is InChI=1S/C27H32N4O3/c1-2-34-19-5-4-8-30(13-19)25(33)21-14-31-22(6-3-7-23(31)29-21)24(32)28-16-26-10-17-9-20(17)27(15-26)12-18(27)11-26/h2-3,6-7,14,17-20H,1,4-5,8-13,15-16H2,(H,28,32). The lowest BCUT2D eigenvalue weighted by Crippen LogP contribution is -2.42. The summed E-state index contributed by atoms with van der Waals surface area (Å²) in [7, 11) is 0. The lowest BCUT2D eigenvalue weighted by Gasteiger charge is -2.36. The quantitative estimate of drug-likeness (QED) is 0.668. The van der Waals surface area contributed by atoms with Gasteiger partial charge in [0.05, 0.1) is 12.8 Å². The molecule has 2 aromatic heterocycles. The van der Waals surface area contributed by atoms with Crippen molar-refractivity contribution in [2.24, 2.45) is 28.6 Å². The van der Waals surface area contributed by atoms with Gasteiger partial charge in [0, 0.05) is 19.3 Å². The lowest BCUT2D eigenvalue weighted by atomic mass is 9.71. The Hall–Kier alpha value is -2.83. The Kier molecular flexibility index (Phi) is 4.28. The van der Waals surface area contributed by atoms with E-state index in [4.69, 9.17) is 4.74 Å². The van der Waals surface area contributed by atoms with E-state index in [-0.39, 0.29) is 17.9 Å². The van der Waals surface area contributed by atoms with E-state index in [0.717, 1.165) is 37.1 Å². The summed E-state index contributed by atoms with van der Waals surface area (Å²) in [6.07, 6.45) is 11.7. The number of nitrogens with zero attached hydrogens (tertiary/aromatic N) is 3. The van der Waals surface area contributed by atoms with Crippen LogP contribution in [0, 0.1) is 28.6 Å². The number of hydrogen-bond donors (Lipinski definition) is 1. The summed E-state index contributed by atoms with van der Waals surface area (Å²) in [6, 6.07) is 5.50. The number of imidazole rings is 1. The first-order valence-corrected chi connectivity index (χ1v) is 12.8. The first kappa shape index (κ1) is 20.5. The van der Waals surface area contributed by atoms with Crippen molar-refractivity contribution in [3.05, 3.63) is 48.6 Å². The first-order valence-electron chi connectivity index (χ1n) is 12.8. The average molecular weight is 461 g/mol. The Labute approximate surface area is 199 Å². The van der Waals surface area contributed by atoms with E-state index >= 15 is 0 Å². The third-order valence-corrected chi connectivity index (χ3v) is 9.54. The third-order valence-electron chi connectivity index (χ3n) is 9.54. The minimum Gasteiger partial charge on any atom is -0.497 e. The van der Waals surface area contributed by atoms with Gasteiger partial charge in [-0.05, 0) is 85.7 Å². The van der Waals surface area contributed by atoms with E-state index in [9.17, 15) is 9.59 Å². The van der Waals surface area contributed by atoms with Crippen LogP contribution in [0.25, 0.3) is 5.65 Å². The maximum absolute atomic E-state index is 13.3. The van der Waals surface area contributed by atoms with E-state index in [0.29, 0.717) is 41.0 Å². The van der Waals surface area contributed by atoms with Crippen LogP contribution in [-0.4, -0.2) is 51.8 Å². The molecule has 7 rings (SSSR count). The second-order valence-corrected chi connectivity index (χ2v) is 11.6. The molecule has 7 nitrogen and oxygen atoms in total. The number of hydrogen-bond acceptors (Lipinski definition) is 4. The highest BCUT2D eigenvalue weighted by molar-refractivity contribution is 5.95. The van der Waals surface area contributed by atoms with Crippen LogP contribution in [0.5, 0.6) is 0 Å². The Morgan fingerprint density at radius 3 is 3.09 bits per heavy atom. The maximum atomic E-state index is 13.3. The molecule has 4 aliphatic carbocycles. The number of aromatic nitrogens is 2. The fourth-order valence-electron chi connectivity index (χ4n) is 8.05. The molecular weight excluding hydrogens is 428 g/mol. The predicted molar refractivity (Wildman–Crippen MR) is 126 cm³/mol. The highest BCUT2D eigenvalue weighted by Gasteiger charge is 2.76. The van der Waals surface area contributed by atoms with E-state index in [1.807, 2.05) is 18.2 Å². The van der Waals surface area contributed by atoms with E-state index in [2.05, 4.69) is 16.9 Å². The van der Waals surface area contributed by atoms with Crippen LogP contribution >= 0.6 is 0 Å². The summed E-state index contributed by atoms with van der Waals surface area (Å²) in [5, 5.41) is 3.27. The van der Waals surface area contributed by atoms with Crippen LogP contribution in [-0.2, 0) is 4.74 Å². The largest absolute Gasteiger partial charge is 0.497 e. The van der Waals surface area contributed by atoms with Crippen LogP contribution in [0.3, 0.4) is 0 Å². The summed E-state index contributed by atoms with van der Waals surface area (Å²) >= 11 is 0. The first-order chi connectivity index (χ1) is 16.5. The van der Waals surface area contributed by atoms with Crippen molar-refractivity contribution in [2.45, 2.75) is 51.0 Å². The molecule has 1 N–H and O–H groups in total. The van der Waals surface area contributed by atoms with Gasteiger partial charge >= 0.3 is 0 Å². The average Bonchev–Trinajstić information content (AvgIpc) is 3.67. The zero-order chi connectivity index (χ0) is 23.1. The number of nitrogens with one attached hydrogen (secondary N) is 1. The van der Waals surface area contributed by atoms with Gasteiger partial charge in [0.25, 0.3) is 11.8 Å². The summed E-state index contributed by atoms with van der Waals surface area (Å²) in [4.78, 5) is 32.8. The van der Waals surface area contributed by atoms with Crippen LogP contribution in [0.1, 0.15) is 65.9 Å². The highest BCUT2D eigenvalue weighted by atomic mass is 16.5. The monoisotopic (exact) mass is 460 g/mol. The van der Waals surface area contributed by atoms with Crippen molar-refractivity contribution in [3.63, 3.8) is 0 Å². The molecule has 2 bridgehead atoms. The number of fused-ring (bicyclic) bond motifs is 3. The molecule has 5 aliphatic rings. The number of carbonyl (C=O) groups is 2. The number of amides is 2. The molecule has 178 valence electrons. The Balaban J connectivity index is 1.08. The molecule has 3 heterocycles. The number of carbonyl (C=O) groups excluding carboxylic acids is 2. The molecule has 6 atom stereocenters. The van der Waals surface area contributed by atoms with E-state index in [1.165, 1.54) is 38.4 Å². The molecule has 1 spiro atoms. The number of ether oxygens (including phenoxy) is 1. The Morgan fingerprint density at radius 2 is 2.21 bits per heavy atom.